The third-order valence-corrected chi connectivity index (χ3v) is 7.73. The normalized spacial score (nSPS) is 18.6. The molecule has 2 amide bonds. The molecule has 12 heteroatoms. The van der Waals surface area contributed by atoms with E-state index in [0.717, 1.165) is 16.7 Å². The van der Waals surface area contributed by atoms with Crippen molar-refractivity contribution in [2.24, 2.45) is 0 Å². The number of carbonyl (C=O) groups excluding carboxylic acids is 2. The van der Waals surface area contributed by atoms with Crippen LogP contribution in [0, 0.1) is 12.7 Å². The van der Waals surface area contributed by atoms with E-state index in [1.807, 2.05) is 19.1 Å². The standard InChI is InChI=1S/C30H25F4N5O3/c1-15-3-4-18(25(40)37-29(11-12-29)27-36-28(39-38-27)30(32,33)34)14-20(15)17-7-10-22-21(13-17)23(26(41)35-2)24(42-22)16-5-8-19(31)9-6-16/h3-10,13-14,23-24H,11-12H2,1-2H3,(H,35,41)(H,37,40)(H,36,38,39). The maximum Gasteiger partial charge on any atom is 0.453 e. The lowest BCUT2D eigenvalue weighted by Crippen LogP contribution is -2.35. The van der Waals surface area contributed by atoms with Crippen LogP contribution < -0.4 is 15.4 Å². The van der Waals surface area contributed by atoms with Gasteiger partial charge in [0.15, 0.2) is 5.82 Å². The number of halogens is 4. The molecule has 3 aromatic carbocycles. The summed E-state index contributed by atoms with van der Waals surface area (Å²) in [6.07, 6.45) is -4.51. The molecule has 216 valence electrons. The van der Waals surface area contributed by atoms with Crippen LogP contribution >= 0.6 is 0 Å². The van der Waals surface area contributed by atoms with E-state index in [2.05, 4.69) is 25.8 Å². The van der Waals surface area contributed by atoms with Crippen molar-refractivity contribution in [1.82, 2.24) is 25.8 Å². The number of H-pyrrole nitrogens is 1. The van der Waals surface area contributed by atoms with Gasteiger partial charge in [0, 0.05) is 18.2 Å². The van der Waals surface area contributed by atoms with Gasteiger partial charge in [0.1, 0.15) is 23.6 Å². The lowest BCUT2D eigenvalue weighted by atomic mass is 9.88. The van der Waals surface area contributed by atoms with Crippen molar-refractivity contribution in [2.45, 2.75) is 43.5 Å². The molecule has 2 aliphatic rings. The smallest absolute Gasteiger partial charge is 0.453 e. The molecule has 8 nitrogen and oxygen atoms in total. The minimum atomic E-state index is -4.70. The summed E-state index contributed by atoms with van der Waals surface area (Å²) in [7, 11) is 1.54. The number of alkyl halides is 3. The second-order valence-electron chi connectivity index (χ2n) is 10.5. The van der Waals surface area contributed by atoms with Crippen LogP contribution in [0.2, 0.25) is 0 Å². The van der Waals surface area contributed by atoms with Gasteiger partial charge >= 0.3 is 6.18 Å². The van der Waals surface area contributed by atoms with Crippen LogP contribution in [0.15, 0.2) is 60.7 Å². The Bertz CT molecular complexity index is 1700. The average Bonchev–Trinajstić information content (AvgIpc) is 3.38. The first-order valence-electron chi connectivity index (χ1n) is 13.2. The van der Waals surface area contributed by atoms with Crippen LogP contribution in [0.4, 0.5) is 17.6 Å². The maximum absolute atomic E-state index is 13.6. The lowest BCUT2D eigenvalue weighted by Gasteiger charge is -2.18. The maximum atomic E-state index is 13.6. The topological polar surface area (TPSA) is 109 Å². The minimum absolute atomic E-state index is 0.0370. The highest BCUT2D eigenvalue weighted by atomic mass is 19.4. The number of hydrogen-bond acceptors (Lipinski definition) is 5. The zero-order valence-corrected chi connectivity index (χ0v) is 22.5. The molecule has 3 N–H and O–H groups in total. The predicted octanol–water partition coefficient (Wildman–Crippen LogP) is 5.32. The fraction of sp³-hybridized carbons (Fsp3) is 0.267. The Morgan fingerprint density at radius 3 is 2.43 bits per heavy atom. The van der Waals surface area contributed by atoms with E-state index < -0.39 is 41.3 Å². The van der Waals surface area contributed by atoms with E-state index in [4.69, 9.17) is 4.74 Å². The van der Waals surface area contributed by atoms with Crippen molar-refractivity contribution >= 4 is 11.8 Å². The van der Waals surface area contributed by atoms with Gasteiger partial charge in [-0.25, -0.2) is 9.37 Å². The molecule has 2 unspecified atom stereocenters. The summed E-state index contributed by atoms with van der Waals surface area (Å²) < 4.78 is 58.7. The summed E-state index contributed by atoms with van der Waals surface area (Å²) in [4.78, 5) is 29.8. The Kier molecular flexibility index (Phi) is 6.51. The zero-order chi connectivity index (χ0) is 29.8. The Morgan fingerprint density at radius 1 is 1.05 bits per heavy atom. The number of ether oxygens (including phenoxy) is 1. The molecule has 1 aliphatic heterocycles. The number of carbonyl (C=O) groups is 2. The van der Waals surface area contributed by atoms with Crippen molar-refractivity contribution < 1.29 is 31.9 Å². The molecule has 2 heterocycles. The number of nitrogens with one attached hydrogen (secondary N) is 3. The number of benzene rings is 3. The fourth-order valence-electron chi connectivity index (χ4n) is 5.29. The quantitative estimate of drug-likeness (QED) is 0.268. The Balaban J connectivity index is 1.29. The molecule has 1 aliphatic carbocycles. The SMILES string of the molecule is CNC(=O)C1c2cc(-c3cc(C(=O)NC4(c5nc(C(F)(F)F)n[nH]5)CC4)ccc3C)ccc2OC1c1ccc(F)cc1. The van der Waals surface area contributed by atoms with Crippen LogP contribution in [0.25, 0.3) is 11.1 Å². The van der Waals surface area contributed by atoms with E-state index in [1.165, 1.54) is 19.2 Å². The number of likely N-dealkylation sites (N-methyl/N-ethyl adjacent to an activating group) is 1. The minimum Gasteiger partial charge on any atom is -0.484 e. The van der Waals surface area contributed by atoms with Gasteiger partial charge in [-0.05, 0) is 78.4 Å². The van der Waals surface area contributed by atoms with E-state index in [9.17, 15) is 27.2 Å². The number of hydrogen-bond donors (Lipinski definition) is 3. The van der Waals surface area contributed by atoms with Crippen LogP contribution in [-0.2, 0) is 16.5 Å². The van der Waals surface area contributed by atoms with E-state index in [0.29, 0.717) is 35.3 Å². The van der Waals surface area contributed by atoms with Crippen LogP contribution in [0.5, 0.6) is 5.75 Å². The summed E-state index contributed by atoms with van der Waals surface area (Å²) >= 11 is 0. The Hall–Kier alpha value is -4.74. The number of aromatic amines is 1. The average molecular weight is 580 g/mol. The third-order valence-electron chi connectivity index (χ3n) is 7.73. The van der Waals surface area contributed by atoms with Crippen molar-refractivity contribution in [1.29, 1.82) is 0 Å². The Labute approximate surface area is 237 Å². The molecule has 4 aromatic rings. The molecule has 1 aromatic heterocycles. The molecule has 0 radical (unpaired) electrons. The summed E-state index contributed by atoms with van der Waals surface area (Å²) in [5, 5.41) is 11.1. The molecule has 42 heavy (non-hydrogen) atoms. The molecule has 2 atom stereocenters. The lowest BCUT2D eigenvalue weighted by molar-refractivity contribution is -0.144. The molecule has 6 rings (SSSR count). The molecule has 1 saturated carbocycles. The van der Waals surface area contributed by atoms with Gasteiger partial charge in [-0.3, -0.25) is 14.7 Å². The molecular weight excluding hydrogens is 554 g/mol. The van der Waals surface area contributed by atoms with Crippen molar-refractivity contribution in [3.63, 3.8) is 0 Å². The largest absolute Gasteiger partial charge is 0.484 e. The summed E-state index contributed by atoms with van der Waals surface area (Å²) in [6.45, 7) is 1.88. The number of aryl methyl sites for hydroxylation is 1. The van der Waals surface area contributed by atoms with Crippen molar-refractivity contribution in [3.05, 3.63) is 100 Å². The molecular formula is C30H25F4N5O3. The van der Waals surface area contributed by atoms with Crippen LogP contribution in [0.3, 0.4) is 0 Å². The van der Waals surface area contributed by atoms with Gasteiger partial charge < -0.3 is 15.4 Å². The number of aromatic nitrogens is 3. The first-order valence-corrected chi connectivity index (χ1v) is 13.2. The number of fused-ring (bicyclic) bond motifs is 1. The van der Waals surface area contributed by atoms with Gasteiger partial charge in [-0.15, -0.1) is 5.10 Å². The van der Waals surface area contributed by atoms with Crippen LogP contribution in [0.1, 0.15) is 63.6 Å². The zero-order valence-electron chi connectivity index (χ0n) is 22.5. The van der Waals surface area contributed by atoms with Crippen molar-refractivity contribution in [3.8, 4) is 16.9 Å². The summed E-state index contributed by atoms with van der Waals surface area (Å²) in [6, 6.07) is 16.4. The fourth-order valence-corrected chi connectivity index (χ4v) is 5.29. The second kappa shape index (κ2) is 9.97. The highest BCUT2D eigenvalue weighted by molar-refractivity contribution is 5.96. The molecule has 0 saturated heterocycles. The van der Waals surface area contributed by atoms with E-state index in [1.54, 1.807) is 36.4 Å². The van der Waals surface area contributed by atoms with Crippen LogP contribution in [-0.4, -0.2) is 34.0 Å². The first kappa shape index (κ1) is 27.4. The van der Waals surface area contributed by atoms with Gasteiger partial charge in [-0.1, -0.05) is 24.3 Å². The first-order chi connectivity index (χ1) is 20.0. The van der Waals surface area contributed by atoms with Gasteiger partial charge in [0.2, 0.25) is 5.91 Å². The number of nitrogens with zero attached hydrogens (tertiary/aromatic N) is 2. The molecule has 0 bridgehead atoms. The third kappa shape index (κ3) is 4.86. The van der Waals surface area contributed by atoms with Gasteiger partial charge in [-0.2, -0.15) is 13.2 Å². The highest BCUT2D eigenvalue weighted by Crippen LogP contribution is 2.48. The van der Waals surface area contributed by atoms with Gasteiger partial charge in [0.25, 0.3) is 11.7 Å². The number of amides is 2. The summed E-state index contributed by atoms with van der Waals surface area (Å²) in [5.41, 5.74) is 2.91. The van der Waals surface area contributed by atoms with E-state index >= 15 is 0 Å². The molecule has 1 fully saturated rings. The van der Waals surface area contributed by atoms with Gasteiger partial charge in [0.05, 0.1) is 5.54 Å². The number of rotatable bonds is 6. The second-order valence-corrected chi connectivity index (χ2v) is 10.5. The van der Waals surface area contributed by atoms with Crippen molar-refractivity contribution in [2.75, 3.05) is 7.05 Å². The van der Waals surface area contributed by atoms with E-state index in [-0.39, 0.29) is 11.7 Å². The predicted molar refractivity (Wildman–Crippen MR) is 143 cm³/mol. The highest BCUT2D eigenvalue weighted by Gasteiger charge is 2.50. The Morgan fingerprint density at radius 2 is 1.79 bits per heavy atom. The molecule has 0 spiro atoms. The summed E-state index contributed by atoms with van der Waals surface area (Å²) in [5.74, 6) is -2.62. The monoisotopic (exact) mass is 579 g/mol.